The predicted octanol–water partition coefficient (Wildman–Crippen LogP) is 2.44. The number of rotatable bonds is 3. The van der Waals surface area contributed by atoms with E-state index < -0.39 is 16.6 Å². The number of nitro benzene ring substituents is 1. The SMILES string of the molecule is CC(C)(C)OC(=O)NCCC#Cc1ccc(N)c([N+](=O)[O-])c1. The minimum absolute atomic E-state index is 0.0992. The van der Waals surface area contributed by atoms with Crippen LogP contribution in [-0.4, -0.2) is 23.2 Å². The molecule has 0 aliphatic rings. The summed E-state index contributed by atoms with van der Waals surface area (Å²) in [4.78, 5) is 21.6. The first-order chi connectivity index (χ1) is 10.2. The van der Waals surface area contributed by atoms with E-state index in [4.69, 9.17) is 10.5 Å². The molecule has 0 radical (unpaired) electrons. The number of carbonyl (C=O) groups excluding carboxylic acids is 1. The maximum Gasteiger partial charge on any atom is 0.407 e. The molecule has 7 heteroatoms. The quantitative estimate of drug-likeness (QED) is 0.293. The van der Waals surface area contributed by atoms with Crippen LogP contribution >= 0.6 is 0 Å². The van der Waals surface area contributed by atoms with Gasteiger partial charge in [0.05, 0.1) is 4.92 Å². The fraction of sp³-hybridized carbons (Fsp3) is 0.400. The van der Waals surface area contributed by atoms with E-state index in [9.17, 15) is 14.9 Å². The molecular formula is C15H19N3O4. The van der Waals surface area contributed by atoms with Gasteiger partial charge in [-0.3, -0.25) is 10.1 Å². The lowest BCUT2D eigenvalue weighted by atomic mass is 10.2. The number of anilines is 1. The van der Waals surface area contributed by atoms with Gasteiger partial charge in [0.15, 0.2) is 0 Å². The molecule has 0 spiro atoms. The van der Waals surface area contributed by atoms with Gasteiger partial charge in [0, 0.05) is 24.6 Å². The molecule has 1 rings (SSSR count). The van der Waals surface area contributed by atoms with E-state index in [1.165, 1.54) is 12.1 Å². The fourth-order valence-electron chi connectivity index (χ4n) is 1.49. The molecule has 0 atom stereocenters. The summed E-state index contributed by atoms with van der Waals surface area (Å²) in [6.07, 6.45) is -0.102. The predicted molar refractivity (Wildman–Crippen MR) is 83.2 cm³/mol. The van der Waals surface area contributed by atoms with E-state index >= 15 is 0 Å². The van der Waals surface area contributed by atoms with E-state index in [2.05, 4.69) is 17.2 Å². The lowest BCUT2D eigenvalue weighted by Crippen LogP contribution is -2.32. The molecule has 0 aliphatic carbocycles. The highest BCUT2D eigenvalue weighted by Gasteiger charge is 2.15. The van der Waals surface area contributed by atoms with Crippen molar-refractivity contribution in [1.82, 2.24) is 5.32 Å². The van der Waals surface area contributed by atoms with Gasteiger partial charge in [-0.2, -0.15) is 0 Å². The number of benzene rings is 1. The highest BCUT2D eigenvalue weighted by atomic mass is 16.6. The number of alkyl carbamates (subject to hydrolysis) is 1. The summed E-state index contributed by atoms with van der Waals surface area (Å²) in [5, 5.41) is 13.3. The van der Waals surface area contributed by atoms with Crippen LogP contribution in [0.2, 0.25) is 0 Å². The Morgan fingerprint density at radius 1 is 1.45 bits per heavy atom. The third-order valence-corrected chi connectivity index (χ3v) is 2.38. The van der Waals surface area contributed by atoms with Gasteiger partial charge in [0.2, 0.25) is 0 Å². The Bertz CT molecular complexity index is 624. The summed E-state index contributed by atoms with van der Waals surface area (Å²) in [6.45, 7) is 5.67. The molecule has 1 amide bonds. The summed E-state index contributed by atoms with van der Waals surface area (Å²) in [7, 11) is 0. The van der Waals surface area contributed by atoms with E-state index in [-0.39, 0.29) is 11.4 Å². The van der Waals surface area contributed by atoms with Gasteiger partial charge in [0.25, 0.3) is 5.69 Å². The molecule has 118 valence electrons. The van der Waals surface area contributed by atoms with Crippen LogP contribution in [0.25, 0.3) is 0 Å². The Balaban J connectivity index is 2.50. The highest BCUT2D eigenvalue weighted by molar-refractivity contribution is 5.67. The van der Waals surface area contributed by atoms with Crippen LogP contribution < -0.4 is 11.1 Å². The van der Waals surface area contributed by atoms with Crippen molar-refractivity contribution in [2.24, 2.45) is 0 Å². The van der Waals surface area contributed by atoms with E-state index in [1.807, 2.05) is 0 Å². The van der Waals surface area contributed by atoms with Gasteiger partial charge in [-0.1, -0.05) is 11.8 Å². The Morgan fingerprint density at radius 2 is 2.14 bits per heavy atom. The Morgan fingerprint density at radius 3 is 2.73 bits per heavy atom. The highest BCUT2D eigenvalue weighted by Crippen LogP contribution is 2.21. The lowest BCUT2D eigenvalue weighted by Gasteiger charge is -2.19. The van der Waals surface area contributed by atoms with Crippen LogP contribution in [0.5, 0.6) is 0 Å². The second kappa shape index (κ2) is 7.31. The zero-order chi connectivity index (χ0) is 16.8. The Hall–Kier alpha value is -2.75. The van der Waals surface area contributed by atoms with Gasteiger partial charge in [-0.15, -0.1) is 0 Å². The van der Waals surface area contributed by atoms with Crippen LogP contribution in [0.1, 0.15) is 32.8 Å². The van der Waals surface area contributed by atoms with Crippen molar-refractivity contribution in [3.8, 4) is 11.8 Å². The van der Waals surface area contributed by atoms with Crippen LogP contribution in [0.4, 0.5) is 16.2 Å². The zero-order valence-electron chi connectivity index (χ0n) is 12.8. The number of carbonyl (C=O) groups is 1. The molecular weight excluding hydrogens is 286 g/mol. The lowest BCUT2D eigenvalue weighted by molar-refractivity contribution is -0.383. The Labute approximate surface area is 129 Å². The summed E-state index contributed by atoms with van der Waals surface area (Å²) in [6, 6.07) is 4.38. The number of nitrogens with zero attached hydrogens (tertiary/aromatic N) is 1. The number of nitrogen functional groups attached to an aromatic ring is 1. The normalized spacial score (nSPS) is 10.3. The van der Waals surface area contributed by atoms with Crippen molar-refractivity contribution < 1.29 is 14.5 Å². The van der Waals surface area contributed by atoms with Crippen LogP contribution in [0.3, 0.4) is 0 Å². The second-order valence-corrected chi connectivity index (χ2v) is 5.51. The molecule has 22 heavy (non-hydrogen) atoms. The molecule has 0 fully saturated rings. The second-order valence-electron chi connectivity index (χ2n) is 5.51. The average molecular weight is 305 g/mol. The topological polar surface area (TPSA) is 107 Å². The van der Waals surface area contributed by atoms with E-state index in [0.717, 1.165) is 0 Å². The number of nitrogens with two attached hydrogens (primary N) is 1. The van der Waals surface area contributed by atoms with Crippen molar-refractivity contribution in [3.63, 3.8) is 0 Å². The summed E-state index contributed by atoms with van der Waals surface area (Å²) >= 11 is 0. The molecule has 1 aromatic rings. The largest absolute Gasteiger partial charge is 0.444 e. The minimum Gasteiger partial charge on any atom is -0.444 e. The van der Waals surface area contributed by atoms with Crippen molar-refractivity contribution in [2.45, 2.75) is 32.8 Å². The van der Waals surface area contributed by atoms with Gasteiger partial charge < -0.3 is 15.8 Å². The number of hydrogen-bond donors (Lipinski definition) is 2. The van der Waals surface area contributed by atoms with Crippen molar-refractivity contribution in [2.75, 3.05) is 12.3 Å². The monoisotopic (exact) mass is 305 g/mol. The van der Waals surface area contributed by atoms with Gasteiger partial charge in [-0.25, -0.2) is 4.79 Å². The van der Waals surface area contributed by atoms with Crippen LogP contribution in [-0.2, 0) is 4.74 Å². The van der Waals surface area contributed by atoms with Crippen molar-refractivity contribution in [3.05, 3.63) is 33.9 Å². The van der Waals surface area contributed by atoms with E-state index in [1.54, 1.807) is 26.8 Å². The number of nitro groups is 1. The average Bonchev–Trinajstić information content (AvgIpc) is 2.37. The summed E-state index contributed by atoms with van der Waals surface area (Å²) in [5.41, 5.74) is 5.39. The molecule has 0 aromatic heterocycles. The summed E-state index contributed by atoms with van der Waals surface area (Å²) < 4.78 is 5.07. The number of nitrogens with one attached hydrogen (secondary N) is 1. The molecule has 7 nitrogen and oxygen atoms in total. The van der Waals surface area contributed by atoms with Crippen LogP contribution in [0.15, 0.2) is 18.2 Å². The smallest absolute Gasteiger partial charge is 0.407 e. The first-order valence-corrected chi connectivity index (χ1v) is 6.68. The first kappa shape index (κ1) is 17.3. The van der Waals surface area contributed by atoms with Crippen molar-refractivity contribution >= 4 is 17.5 Å². The molecule has 0 unspecified atom stereocenters. The first-order valence-electron chi connectivity index (χ1n) is 6.68. The maximum atomic E-state index is 11.4. The molecule has 0 saturated heterocycles. The molecule has 3 N–H and O–H groups in total. The van der Waals surface area contributed by atoms with Gasteiger partial charge in [-0.05, 0) is 32.9 Å². The van der Waals surface area contributed by atoms with Crippen LogP contribution in [0, 0.1) is 22.0 Å². The number of hydrogen-bond acceptors (Lipinski definition) is 5. The molecule has 1 aromatic carbocycles. The number of amides is 1. The minimum atomic E-state index is -0.551. The standard InChI is InChI=1S/C15H19N3O4/c1-15(2,3)22-14(19)17-9-5-4-6-11-7-8-12(16)13(10-11)18(20)21/h7-8,10H,5,9,16H2,1-3H3,(H,17,19). The summed E-state index contributed by atoms with van der Waals surface area (Å²) in [5.74, 6) is 5.61. The van der Waals surface area contributed by atoms with Gasteiger partial charge in [0.1, 0.15) is 11.3 Å². The molecule has 0 heterocycles. The third-order valence-electron chi connectivity index (χ3n) is 2.38. The zero-order valence-corrected chi connectivity index (χ0v) is 12.8. The maximum absolute atomic E-state index is 11.4. The van der Waals surface area contributed by atoms with E-state index in [0.29, 0.717) is 18.5 Å². The fourth-order valence-corrected chi connectivity index (χ4v) is 1.49. The molecule has 0 aliphatic heterocycles. The van der Waals surface area contributed by atoms with Gasteiger partial charge >= 0.3 is 6.09 Å². The van der Waals surface area contributed by atoms with Crippen molar-refractivity contribution in [1.29, 1.82) is 0 Å². The Kier molecular flexibility index (Phi) is 5.75. The third kappa shape index (κ3) is 6.13. The molecule has 0 bridgehead atoms. The molecule has 0 saturated carbocycles. The number of ether oxygens (including phenoxy) is 1.